The summed E-state index contributed by atoms with van der Waals surface area (Å²) in [5.74, 6) is 0.833. The summed E-state index contributed by atoms with van der Waals surface area (Å²) < 4.78 is 13.2. The molecule has 1 aliphatic heterocycles. The molecule has 2 aliphatic rings. The standard InChI is InChI=1S/C25H28FNO3/c1-16(22-11-9-20(26)12-24(22)29)2-3-17-4-6-18(7-5-17)14-27-15-19-8-10-21(28)13-23(19)25(27)30/h2,8-13,17-18,28-29H,3-7,14-15H2,1H3/b16-2-. The summed E-state index contributed by atoms with van der Waals surface area (Å²) in [6, 6.07) is 9.20. The molecule has 2 aromatic carbocycles. The average molecular weight is 410 g/mol. The van der Waals surface area contributed by atoms with Gasteiger partial charge in [0.2, 0.25) is 0 Å². The number of phenols is 2. The van der Waals surface area contributed by atoms with E-state index in [9.17, 15) is 19.4 Å². The minimum absolute atomic E-state index is 0.0166. The van der Waals surface area contributed by atoms with Crippen molar-refractivity contribution in [3.8, 4) is 11.5 Å². The molecule has 30 heavy (non-hydrogen) atoms. The van der Waals surface area contributed by atoms with Crippen LogP contribution in [0.2, 0.25) is 0 Å². The van der Waals surface area contributed by atoms with Crippen molar-refractivity contribution < 1.29 is 19.4 Å². The van der Waals surface area contributed by atoms with Crippen molar-refractivity contribution in [2.24, 2.45) is 11.8 Å². The maximum absolute atomic E-state index is 13.2. The van der Waals surface area contributed by atoms with Crippen LogP contribution in [-0.2, 0) is 6.54 Å². The molecule has 1 heterocycles. The highest BCUT2D eigenvalue weighted by atomic mass is 19.1. The number of amides is 1. The van der Waals surface area contributed by atoms with Crippen molar-refractivity contribution >= 4 is 11.5 Å². The van der Waals surface area contributed by atoms with E-state index in [4.69, 9.17) is 0 Å². The molecule has 0 atom stereocenters. The Labute approximate surface area is 176 Å². The Morgan fingerprint density at radius 2 is 1.83 bits per heavy atom. The Morgan fingerprint density at radius 3 is 2.57 bits per heavy atom. The fraction of sp³-hybridized carbons (Fsp3) is 0.400. The van der Waals surface area contributed by atoms with Crippen LogP contribution >= 0.6 is 0 Å². The number of hydrogen-bond donors (Lipinski definition) is 2. The average Bonchev–Trinajstić information content (AvgIpc) is 3.02. The normalized spacial score (nSPS) is 21.7. The molecule has 0 spiro atoms. The van der Waals surface area contributed by atoms with Crippen LogP contribution < -0.4 is 0 Å². The van der Waals surface area contributed by atoms with E-state index in [0.717, 1.165) is 55.9 Å². The largest absolute Gasteiger partial charge is 0.508 e. The molecule has 0 aromatic heterocycles. The Morgan fingerprint density at radius 1 is 1.10 bits per heavy atom. The van der Waals surface area contributed by atoms with E-state index in [2.05, 4.69) is 6.08 Å². The Balaban J connectivity index is 1.28. The summed E-state index contributed by atoms with van der Waals surface area (Å²) >= 11 is 0. The van der Waals surface area contributed by atoms with Gasteiger partial charge in [-0.25, -0.2) is 4.39 Å². The molecule has 2 aromatic rings. The molecule has 1 aliphatic carbocycles. The number of carbonyl (C=O) groups is 1. The third-order valence-corrected chi connectivity index (χ3v) is 6.56. The zero-order chi connectivity index (χ0) is 21.3. The van der Waals surface area contributed by atoms with Gasteiger partial charge in [-0.2, -0.15) is 0 Å². The maximum atomic E-state index is 13.2. The fourth-order valence-corrected chi connectivity index (χ4v) is 4.75. The highest BCUT2D eigenvalue weighted by Crippen LogP contribution is 2.35. The van der Waals surface area contributed by atoms with Crippen LogP contribution in [0.1, 0.15) is 60.5 Å². The first-order valence-corrected chi connectivity index (χ1v) is 10.7. The lowest BCUT2D eigenvalue weighted by Crippen LogP contribution is -2.31. The maximum Gasteiger partial charge on any atom is 0.254 e. The monoisotopic (exact) mass is 409 g/mol. The number of carbonyl (C=O) groups excluding carboxylic acids is 1. The number of nitrogens with zero attached hydrogens (tertiary/aromatic N) is 1. The first-order chi connectivity index (χ1) is 14.4. The van der Waals surface area contributed by atoms with Crippen LogP contribution in [-0.4, -0.2) is 27.6 Å². The molecule has 4 nitrogen and oxygen atoms in total. The molecule has 2 N–H and O–H groups in total. The molecule has 0 bridgehead atoms. The van der Waals surface area contributed by atoms with Crippen LogP contribution in [0.3, 0.4) is 0 Å². The molecule has 158 valence electrons. The minimum atomic E-state index is -0.432. The van der Waals surface area contributed by atoms with Gasteiger partial charge in [0.05, 0.1) is 0 Å². The molecular weight excluding hydrogens is 381 g/mol. The number of benzene rings is 2. The van der Waals surface area contributed by atoms with Crippen LogP contribution in [0.15, 0.2) is 42.5 Å². The van der Waals surface area contributed by atoms with Gasteiger partial charge in [0.25, 0.3) is 5.91 Å². The van der Waals surface area contributed by atoms with Crippen LogP contribution in [0.4, 0.5) is 4.39 Å². The Bertz CT molecular complexity index is 976. The smallest absolute Gasteiger partial charge is 0.254 e. The third kappa shape index (κ3) is 4.35. The number of phenolic OH excluding ortho intramolecular Hbond substituents is 2. The molecule has 1 fully saturated rings. The van der Waals surface area contributed by atoms with Crippen molar-refractivity contribution in [2.75, 3.05) is 6.54 Å². The molecule has 0 radical (unpaired) electrons. The van der Waals surface area contributed by atoms with Gasteiger partial charge in [0.15, 0.2) is 0 Å². The van der Waals surface area contributed by atoms with E-state index in [1.165, 1.54) is 6.07 Å². The summed E-state index contributed by atoms with van der Waals surface area (Å²) in [5, 5.41) is 19.6. The van der Waals surface area contributed by atoms with Crippen molar-refractivity contribution in [1.29, 1.82) is 0 Å². The Hall–Kier alpha value is -2.82. The van der Waals surface area contributed by atoms with Gasteiger partial charge in [0, 0.05) is 30.3 Å². The Kier molecular flexibility index (Phi) is 5.80. The molecule has 1 amide bonds. The molecule has 0 unspecified atom stereocenters. The summed E-state index contributed by atoms with van der Waals surface area (Å²) in [4.78, 5) is 14.5. The lowest BCUT2D eigenvalue weighted by Gasteiger charge is -2.31. The summed E-state index contributed by atoms with van der Waals surface area (Å²) in [6.45, 7) is 3.36. The highest BCUT2D eigenvalue weighted by Gasteiger charge is 2.30. The lowest BCUT2D eigenvalue weighted by atomic mass is 9.80. The van der Waals surface area contributed by atoms with Crippen molar-refractivity contribution in [3.63, 3.8) is 0 Å². The van der Waals surface area contributed by atoms with E-state index >= 15 is 0 Å². The molecule has 4 rings (SSSR count). The van der Waals surface area contributed by atoms with Crippen molar-refractivity contribution in [2.45, 2.75) is 45.6 Å². The van der Waals surface area contributed by atoms with Crippen LogP contribution in [0, 0.1) is 17.7 Å². The van der Waals surface area contributed by atoms with Crippen LogP contribution in [0.25, 0.3) is 5.57 Å². The van der Waals surface area contributed by atoms with Gasteiger partial charge in [-0.3, -0.25) is 4.79 Å². The van der Waals surface area contributed by atoms with Gasteiger partial charge in [-0.1, -0.05) is 12.1 Å². The predicted molar refractivity (Wildman–Crippen MR) is 115 cm³/mol. The zero-order valence-corrected chi connectivity index (χ0v) is 17.3. The predicted octanol–water partition coefficient (Wildman–Crippen LogP) is 5.49. The van der Waals surface area contributed by atoms with E-state index in [0.29, 0.717) is 29.5 Å². The molecule has 0 saturated heterocycles. The molecule has 5 heteroatoms. The number of allylic oxidation sites excluding steroid dienone is 2. The van der Waals surface area contributed by atoms with Gasteiger partial charge < -0.3 is 15.1 Å². The summed E-state index contributed by atoms with van der Waals surface area (Å²) in [7, 11) is 0. The second-order valence-corrected chi connectivity index (χ2v) is 8.70. The minimum Gasteiger partial charge on any atom is -0.508 e. The second kappa shape index (κ2) is 8.50. The van der Waals surface area contributed by atoms with E-state index < -0.39 is 5.82 Å². The highest BCUT2D eigenvalue weighted by molar-refractivity contribution is 5.98. The quantitative estimate of drug-likeness (QED) is 0.686. The van der Waals surface area contributed by atoms with Gasteiger partial charge in [0.1, 0.15) is 17.3 Å². The second-order valence-electron chi connectivity index (χ2n) is 8.70. The fourth-order valence-electron chi connectivity index (χ4n) is 4.75. The first-order valence-electron chi connectivity index (χ1n) is 10.7. The number of halogens is 1. The summed E-state index contributed by atoms with van der Waals surface area (Å²) in [5.41, 5.74) is 3.28. The third-order valence-electron chi connectivity index (χ3n) is 6.56. The van der Waals surface area contributed by atoms with Gasteiger partial charge >= 0.3 is 0 Å². The van der Waals surface area contributed by atoms with Crippen molar-refractivity contribution in [3.05, 3.63) is 65.0 Å². The zero-order valence-electron chi connectivity index (χ0n) is 17.3. The number of aromatic hydroxyl groups is 2. The summed E-state index contributed by atoms with van der Waals surface area (Å²) in [6.07, 6.45) is 7.54. The van der Waals surface area contributed by atoms with E-state index in [1.54, 1.807) is 18.2 Å². The SMILES string of the molecule is C/C(=C/CC1CCC(CN2Cc3ccc(O)cc3C2=O)CC1)c1ccc(F)cc1O. The van der Waals surface area contributed by atoms with Crippen molar-refractivity contribution in [1.82, 2.24) is 4.90 Å². The van der Waals surface area contributed by atoms with Gasteiger partial charge in [-0.15, -0.1) is 0 Å². The van der Waals surface area contributed by atoms with E-state index in [-0.39, 0.29) is 17.4 Å². The van der Waals surface area contributed by atoms with E-state index in [1.807, 2.05) is 17.9 Å². The number of rotatable bonds is 5. The number of fused-ring (bicyclic) bond motifs is 1. The molecule has 1 saturated carbocycles. The van der Waals surface area contributed by atoms with Gasteiger partial charge in [-0.05, 0) is 86.3 Å². The molecular formula is C25H28FNO3. The lowest BCUT2D eigenvalue weighted by molar-refractivity contribution is 0.0729. The first kappa shape index (κ1) is 20.5. The topological polar surface area (TPSA) is 60.8 Å². The number of hydrogen-bond acceptors (Lipinski definition) is 3. The van der Waals surface area contributed by atoms with Crippen LogP contribution in [0.5, 0.6) is 11.5 Å².